The van der Waals surface area contributed by atoms with Crippen LogP contribution in [0.25, 0.3) is 31.6 Å². The van der Waals surface area contributed by atoms with Gasteiger partial charge >= 0.3 is 0 Å². The number of aryl methyl sites for hydroxylation is 1. The van der Waals surface area contributed by atoms with Crippen molar-refractivity contribution in [2.75, 3.05) is 0 Å². The Morgan fingerprint density at radius 3 is 2.50 bits per heavy atom. The Bertz CT molecular complexity index is 907. The zero-order valence-electron chi connectivity index (χ0n) is 11.1. The molecule has 0 bridgehead atoms. The fraction of sp³-hybridized carbons (Fsp3) is 0.0556. The molecule has 2 heteroatoms. The summed E-state index contributed by atoms with van der Waals surface area (Å²) in [5.41, 5.74) is 4.66. The highest BCUT2D eigenvalue weighted by Gasteiger charge is 2.10. The van der Waals surface area contributed by atoms with Crippen molar-refractivity contribution in [2.24, 2.45) is 0 Å². The standard InChI is InChI=1S/C18H13NS/c1-12-11-15(13-7-3-2-4-8-13)19-17-14-9-5-6-10-16(14)20-18(12)17/h2-11H,1H3. The summed E-state index contributed by atoms with van der Waals surface area (Å²) in [4.78, 5) is 4.90. The van der Waals surface area contributed by atoms with Gasteiger partial charge in [0.2, 0.25) is 0 Å². The van der Waals surface area contributed by atoms with E-state index in [1.54, 1.807) is 0 Å². The van der Waals surface area contributed by atoms with Crippen LogP contribution < -0.4 is 0 Å². The first-order valence-electron chi connectivity index (χ1n) is 6.67. The maximum absolute atomic E-state index is 4.90. The summed E-state index contributed by atoms with van der Waals surface area (Å²) < 4.78 is 2.61. The zero-order valence-corrected chi connectivity index (χ0v) is 11.9. The number of hydrogen-bond acceptors (Lipinski definition) is 2. The molecule has 0 N–H and O–H groups in total. The number of pyridine rings is 1. The molecule has 0 unspecified atom stereocenters. The Morgan fingerprint density at radius 2 is 1.65 bits per heavy atom. The number of thiophene rings is 1. The van der Waals surface area contributed by atoms with E-state index < -0.39 is 0 Å². The molecule has 0 amide bonds. The predicted octanol–water partition coefficient (Wildman–Crippen LogP) is 5.42. The molecule has 4 rings (SSSR count). The minimum atomic E-state index is 1.05. The van der Waals surface area contributed by atoms with Crippen LogP contribution in [0, 0.1) is 6.92 Å². The Hall–Kier alpha value is -2.19. The van der Waals surface area contributed by atoms with Gasteiger partial charge in [-0.2, -0.15) is 0 Å². The van der Waals surface area contributed by atoms with Crippen molar-refractivity contribution in [3.8, 4) is 11.3 Å². The highest BCUT2D eigenvalue weighted by atomic mass is 32.1. The van der Waals surface area contributed by atoms with E-state index in [1.165, 1.54) is 25.9 Å². The molecule has 0 saturated carbocycles. The number of aromatic nitrogens is 1. The number of benzene rings is 2. The molecule has 0 aliphatic carbocycles. The van der Waals surface area contributed by atoms with Crippen LogP contribution in [0.2, 0.25) is 0 Å². The van der Waals surface area contributed by atoms with E-state index in [2.05, 4.69) is 61.5 Å². The van der Waals surface area contributed by atoms with E-state index in [-0.39, 0.29) is 0 Å². The lowest BCUT2D eigenvalue weighted by molar-refractivity contribution is 1.38. The van der Waals surface area contributed by atoms with Gasteiger partial charge in [0.15, 0.2) is 0 Å². The third-order valence-corrected chi connectivity index (χ3v) is 4.88. The molecular formula is C18H13NS. The first kappa shape index (κ1) is 11.6. The average molecular weight is 275 g/mol. The number of fused-ring (bicyclic) bond motifs is 3. The molecule has 0 aliphatic rings. The molecule has 20 heavy (non-hydrogen) atoms. The average Bonchev–Trinajstić information content (AvgIpc) is 2.88. The fourth-order valence-electron chi connectivity index (χ4n) is 2.59. The van der Waals surface area contributed by atoms with Crippen LogP contribution in [0.1, 0.15) is 5.56 Å². The van der Waals surface area contributed by atoms with E-state index in [0.29, 0.717) is 0 Å². The van der Waals surface area contributed by atoms with Crippen molar-refractivity contribution in [2.45, 2.75) is 6.92 Å². The minimum absolute atomic E-state index is 1.05. The van der Waals surface area contributed by atoms with Crippen LogP contribution >= 0.6 is 11.3 Å². The molecule has 0 fully saturated rings. The van der Waals surface area contributed by atoms with Gasteiger partial charge < -0.3 is 0 Å². The van der Waals surface area contributed by atoms with E-state index in [1.807, 2.05) is 17.4 Å². The molecule has 0 saturated heterocycles. The molecule has 1 nitrogen and oxygen atoms in total. The van der Waals surface area contributed by atoms with Crippen LogP contribution in [-0.4, -0.2) is 4.98 Å². The van der Waals surface area contributed by atoms with Gasteiger partial charge in [0.05, 0.1) is 15.9 Å². The predicted molar refractivity (Wildman–Crippen MR) is 87.3 cm³/mol. The van der Waals surface area contributed by atoms with Crippen LogP contribution in [0.5, 0.6) is 0 Å². The van der Waals surface area contributed by atoms with Gasteiger partial charge in [0.25, 0.3) is 0 Å². The van der Waals surface area contributed by atoms with Gasteiger partial charge in [-0.1, -0.05) is 48.5 Å². The van der Waals surface area contributed by atoms with Gasteiger partial charge in [-0.05, 0) is 24.6 Å². The quantitative estimate of drug-likeness (QED) is 0.451. The molecule has 4 aromatic rings. The monoisotopic (exact) mass is 275 g/mol. The van der Waals surface area contributed by atoms with Crippen LogP contribution in [-0.2, 0) is 0 Å². The smallest absolute Gasteiger partial charge is 0.0898 e. The summed E-state index contributed by atoms with van der Waals surface area (Å²) in [6.07, 6.45) is 0. The molecule has 2 aromatic heterocycles. The van der Waals surface area contributed by atoms with Crippen molar-refractivity contribution < 1.29 is 0 Å². The van der Waals surface area contributed by atoms with Crippen molar-refractivity contribution in [3.05, 3.63) is 66.2 Å². The molecule has 2 aromatic carbocycles. The topological polar surface area (TPSA) is 12.9 Å². The largest absolute Gasteiger partial charge is 0.246 e. The molecule has 96 valence electrons. The Balaban J connectivity index is 2.08. The maximum atomic E-state index is 4.90. The first-order chi connectivity index (χ1) is 9.83. The molecule has 0 spiro atoms. The minimum Gasteiger partial charge on any atom is -0.246 e. The third-order valence-electron chi connectivity index (χ3n) is 3.58. The highest BCUT2D eigenvalue weighted by Crippen LogP contribution is 2.36. The summed E-state index contributed by atoms with van der Waals surface area (Å²) in [6, 6.07) is 21.1. The molecule has 0 atom stereocenters. The van der Waals surface area contributed by atoms with Gasteiger partial charge in [-0.3, -0.25) is 0 Å². The molecule has 0 aliphatic heterocycles. The number of nitrogens with zero attached hydrogens (tertiary/aromatic N) is 1. The van der Waals surface area contributed by atoms with Crippen molar-refractivity contribution in [1.82, 2.24) is 4.98 Å². The lowest BCUT2D eigenvalue weighted by atomic mass is 10.1. The Kier molecular flexibility index (Phi) is 2.57. The highest BCUT2D eigenvalue weighted by molar-refractivity contribution is 7.25. The summed E-state index contributed by atoms with van der Waals surface area (Å²) in [7, 11) is 0. The first-order valence-corrected chi connectivity index (χ1v) is 7.49. The van der Waals surface area contributed by atoms with Gasteiger partial charge in [0, 0.05) is 15.6 Å². The molecule has 2 heterocycles. The Labute approximate surface area is 121 Å². The lowest BCUT2D eigenvalue weighted by Gasteiger charge is -2.03. The van der Waals surface area contributed by atoms with Crippen LogP contribution in [0.3, 0.4) is 0 Å². The van der Waals surface area contributed by atoms with E-state index in [0.717, 1.165) is 11.2 Å². The van der Waals surface area contributed by atoms with E-state index in [9.17, 15) is 0 Å². The van der Waals surface area contributed by atoms with Crippen LogP contribution in [0.4, 0.5) is 0 Å². The van der Waals surface area contributed by atoms with Crippen LogP contribution in [0.15, 0.2) is 60.7 Å². The number of hydrogen-bond donors (Lipinski definition) is 0. The fourth-order valence-corrected chi connectivity index (χ4v) is 3.70. The second kappa shape index (κ2) is 4.43. The second-order valence-electron chi connectivity index (χ2n) is 4.97. The SMILES string of the molecule is Cc1cc(-c2ccccc2)nc2c1sc1ccccc12. The number of rotatable bonds is 1. The van der Waals surface area contributed by atoms with E-state index >= 15 is 0 Å². The second-order valence-corrected chi connectivity index (χ2v) is 6.02. The molecule has 0 radical (unpaired) electrons. The summed E-state index contributed by atoms with van der Waals surface area (Å²) in [5.74, 6) is 0. The van der Waals surface area contributed by atoms with Crippen molar-refractivity contribution >= 4 is 31.6 Å². The summed E-state index contributed by atoms with van der Waals surface area (Å²) >= 11 is 1.83. The van der Waals surface area contributed by atoms with Crippen molar-refractivity contribution in [1.29, 1.82) is 0 Å². The van der Waals surface area contributed by atoms with Gasteiger partial charge in [-0.25, -0.2) is 4.98 Å². The Morgan fingerprint density at radius 1 is 0.900 bits per heavy atom. The van der Waals surface area contributed by atoms with Gasteiger partial charge in [0.1, 0.15) is 0 Å². The maximum Gasteiger partial charge on any atom is 0.0898 e. The third kappa shape index (κ3) is 1.73. The van der Waals surface area contributed by atoms with E-state index in [4.69, 9.17) is 4.98 Å². The zero-order chi connectivity index (χ0) is 13.5. The van der Waals surface area contributed by atoms with Gasteiger partial charge in [-0.15, -0.1) is 11.3 Å². The lowest BCUT2D eigenvalue weighted by Crippen LogP contribution is -1.86. The van der Waals surface area contributed by atoms with Crippen molar-refractivity contribution in [3.63, 3.8) is 0 Å². The summed E-state index contributed by atoms with van der Waals surface area (Å²) in [6.45, 7) is 2.17. The summed E-state index contributed by atoms with van der Waals surface area (Å²) in [5, 5.41) is 1.26. The molecular weight excluding hydrogens is 262 g/mol. The normalized spacial score (nSPS) is 11.2.